The highest BCUT2D eigenvalue weighted by Crippen LogP contribution is 2.21. The lowest BCUT2D eigenvalue weighted by atomic mass is 9.85. The van der Waals surface area contributed by atoms with Crippen molar-refractivity contribution in [2.75, 3.05) is 26.8 Å². The smallest absolute Gasteiger partial charge is 0.0587 e. The number of benzene rings is 1. The summed E-state index contributed by atoms with van der Waals surface area (Å²) in [5.74, 6) is 1.46. The third-order valence-corrected chi connectivity index (χ3v) is 4.02. The third-order valence-electron chi connectivity index (χ3n) is 4.02. The molecule has 114 valence electrons. The van der Waals surface area contributed by atoms with Crippen LogP contribution in [0.25, 0.3) is 0 Å². The summed E-state index contributed by atoms with van der Waals surface area (Å²) < 4.78 is 5.10. The van der Waals surface area contributed by atoms with Gasteiger partial charge in [-0.3, -0.25) is 0 Å². The summed E-state index contributed by atoms with van der Waals surface area (Å²) in [7, 11) is 1.76. The highest BCUT2D eigenvalue weighted by Gasteiger charge is 2.17. The molecular formula is C18H31NO. The van der Waals surface area contributed by atoms with E-state index in [1.165, 1.54) is 30.4 Å². The zero-order valence-corrected chi connectivity index (χ0v) is 13.6. The monoisotopic (exact) mass is 277 g/mol. The molecule has 0 aliphatic rings. The fourth-order valence-electron chi connectivity index (χ4n) is 2.77. The number of hydrogen-bond acceptors (Lipinski definition) is 2. The molecular weight excluding hydrogens is 246 g/mol. The minimum atomic E-state index is 0.702. The maximum absolute atomic E-state index is 5.10. The van der Waals surface area contributed by atoms with Gasteiger partial charge in [0.2, 0.25) is 0 Å². The Kier molecular flexibility index (Phi) is 8.56. The molecule has 0 saturated carbocycles. The number of nitrogens with one attached hydrogen (secondary N) is 1. The van der Waals surface area contributed by atoms with Gasteiger partial charge in [-0.25, -0.2) is 0 Å². The summed E-state index contributed by atoms with van der Waals surface area (Å²) in [5.41, 5.74) is 2.82. The van der Waals surface area contributed by atoms with Crippen molar-refractivity contribution in [3.63, 3.8) is 0 Å². The van der Waals surface area contributed by atoms with Gasteiger partial charge in [0.05, 0.1) is 6.61 Å². The van der Waals surface area contributed by atoms with E-state index >= 15 is 0 Å². The lowest BCUT2D eigenvalue weighted by Gasteiger charge is -2.24. The molecule has 0 bridgehead atoms. The molecule has 0 heterocycles. The van der Waals surface area contributed by atoms with Crippen molar-refractivity contribution in [3.8, 4) is 0 Å². The SMILES string of the molecule is CCCC(C)C(CNCCOC)Cc1cccc(C)c1. The van der Waals surface area contributed by atoms with Gasteiger partial charge < -0.3 is 10.1 Å². The molecule has 20 heavy (non-hydrogen) atoms. The summed E-state index contributed by atoms with van der Waals surface area (Å²) in [4.78, 5) is 0. The lowest BCUT2D eigenvalue weighted by molar-refractivity contribution is 0.195. The molecule has 0 fully saturated rings. The average molecular weight is 277 g/mol. The normalized spacial score (nSPS) is 14.2. The van der Waals surface area contributed by atoms with Crippen LogP contribution in [0, 0.1) is 18.8 Å². The van der Waals surface area contributed by atoms with Crippen LogP contribution in [0.2, 0.25) is 0 Å². The first kappa shape index (κ1) is 17.2. The number of rotatable bonds is 10. The van der Waals surface area contributed by atoms with E-state index in [2.05, 4.69) is 50.4 Å². The van der Waals surface area contributed by atoms with Gasteiger partial charge >= 0.3 is 0 Å². The standard InChI is InChI=1S/C18H31NO/c1-5-7-16(3)18(14-19-10-11-20-4)13-17-9-6-8-15(2)12-17/h6,8-9,12,16,18-19H,5,7,10-11,13-14H2,1-4H3. The van der Waals surface area contributed by atoms with Gasteiger partial charge in [0.25, 0.3) is 0 Å². The molecule has 1 rings (SSSR count). The molecule has 2 atom stereocenters. The summed E-state index contributed by atoms with van der Waals surface area (Å²) in [6.45, 7) is 9.66. The minimum absolute atomic E-state index is 0.702. The molecule has 0 amide bonds. The predicted octanol–water partition coefficient (Wildman–Crippen LogP) is 3.83. The Balaban J connectivity index is 2.56. The van der Waals surface area contributed by atoms with Gasteiger partial charge in [0.1, 0.15) is 0 Å². The number of ether oxygens (including phenoxy) is 1. The van der Waals surface area contributed by atoms with Gasteiger partial charge in [0.15, 0.2) is 0 Å². The second-order valence-corrected chi connectivity index (χ2v) is 5.92. The quantitative estimate of drug-likeness (QED) is 0.656. The summed E-state index contributed by atoms with van der Waals surface area (Å²) in [6.07, 6.45) is 3.74. The number of hydrogen-bond donors (Lipinski definition) is 1. The van der Waals surface area contributed by atoms with E-state index in [1.54, 1.807) is 7.11 Å². The number of methoxy groups -OCH3 is 1. The van der Waals surface area contributed by atoms with Crippen LogP contribution in [0.4, 0.5) is 0 Å². The van der Waals surface area contributed by atoms with Crippen molar-refractivity contribution in [1.29, 1.82) is 0 Å². The minimum Gasteiger partial charge on any atom is -0.383 e. The van der Waals surface area contributed by atoms with E-state index in [0.717, 1.165) is 25.6 Å². The summed E-state index contributed by atoms with van der Waals surface area (Å²) in [5, 5.41) is 3.54. The Labute approximate surface area is 124 Å². The van der Waals surface area contributed by atoms with Crippen LogP contribution < -0.4 is 5.32 Å². The van der Waals surface area contributed by atoms with Crippen LogP contribution in [0.15, 0.2) is 24.3 Å². The van der Waals surface area contributed by atoms with Crippen molar-refractivity contribution >= 4 is 0 Å². The highest BCUT2D eigenvalue weighted by atomic mass is 16.5. The fourth-order valence-corrected chi connectivity index (χ4v) is 2.77. The molecule has 1 aromatic carbocycles. The Hall–Kier alpha value is -0.860. The van der Waals surface area contributed by atoms with Gasteiger partial charge in [-0.1, -0.05) is 56.5 Å². The van der Waals surface area contributed by atoms with Crippen LogP contribution in [0.3, 0.4) is 0 Å². The Bertz CT molecular complexity index is 364. The lowest BCUT2D eigenvalue weighted by Crippen LogP contribution is -2.31. The summed E-state index contributed by atoms with van der Waals surface area (Å²) in [6, 6.07) is 8.92. The zero-order chi connectivity index (χ0) is 14.8. The van der Waals surface area contributed by atoms with Crippen molar-refractivity contribution in [1.82, 2.24) is 5.32 Å². The van der Waals surface area contributed by atoms with Gasteiger partial charge in [-0.05, 0) is 37.3 Å². The van der Waals surface area contributed by atoms with Gasteiger partial charge in [0, 0.05) is 13.7 Å². The molecule has 0 aliphatic carbocycles. The third kappa shape index (κ3) is 6.53. The average Bonchev–Trinajstić information content (AvgIpc) is 2.42. The van der Waals surface area contributed by atoms with Crippen molar-refractivity contribution in [3.05, 3.63) is 35.4 Å². The largest absolute Gasteiger partial charge is 0.383 e. The molecule has 0 spiro atoms. The van der Waals surface area contributed by atoms with Gasteiger partial charge in [-0.2, -0.15) is 0 Å². The maximum Gasteiger partial charge on any atom is 0.0587 e. The van der Waals surface area contributed by atoms with E-state index in [4.69, 9.17) is 4.74 Å². The maximum atomic E-state index is 5.10. The molecule has 0 saturated heterocycles. The molecule has 0 radical (unpaired) electrons. The second kappa shape index (κ2) is 9.95. The molecule has 2 heteroatoms. The topological polar surface area (TPSA) is 21.3 Å². The molecule has 1 N–H and O–H groups in total. The first-order chi connectivity index (χ1) is 9.67. The molecule has 1 aromatic rings. The van der Waals surface area contributed by atoms with E-state index in [1.807, 2.05) is 0 Å². The van der Waals surface area contributed by atoms with E-state index in [9.17, 15) is 0 Å². The molecule has 0 aliphatic heterocycles. The van der Waals surface area contributed by atoms with Crippen LogP contribution in [0.5, 0.6) is 0 Å². The molecule has 2 nitrogen and oxygen atoms in total. The van der Waals surface area contributed by atoms with E-state index in [0.29, 0.717) is 5.92 Å². The fraction of sp³-hybridized carbons (Fsp3) is 0.667. The van der Waals surface area contributed by atoms with E-state index < -0.39 is 0 Å². The molecule has 0 aromatic heterocycles. The second-order valence-electron chi connectivity index (χ2n) is 5.92. The summed E-state index contributed by atoms with van der Waals surface area (Å²) >= 11 is 0. The van der Waals surface area contributed by atoms with Crippen molar-refractivity contribution < 1.29 is 4.74 Å². The first-order valence-corrected chi connectivity index (χ1v) is 7.92. The van der Waals surface area contributed by atoms with E-state index in [-0.39, 0.29) is 0 Å². The van der Waals surface area contributed by atoms with Crippen LogP contribution in [-0.4, -0.2) is 26.8 Å². The molecule has 2 unspecified atom stereocenters. The van der Waals surface area contributed by atoms with Crippen LogP contribution in [0.1, 0.15) is 37.8 Å². The van der Waals surface area contributed by atoms with Crippen LogP contribution in [-0.2, 0) is 11.2 Å². The van der Waals surface area contributed by atoms with Crippen LogP contribution >= 0.6 is 0 Å². The Morgan fingerprint density at radius 3 is 2.75 bits per heavy atom. The number of aryl methyl sites for hydroxylation is 1. The first-order valence-electron chi connectivity index (χ1n) is 7.92. The van der Waals surface area contributed by atoms with Crippen molar-refractivity contribution in [2.24, 2.45) is 11.8 Å². The highest BCUT2D eigenvalue weighted by molar-refractivity contribution is 5.22. The Morgan fingerprint density at radius 2 is 2.10 bits per heavy atom. The van der Waals surface area contributed by atoms with Gasteiger partial charge in [-0.15, -0.1) is 0 Å². The predicted molar refractivity (Wildman–Crippen MR) is 87.2 cm³/mol. The zero-order valence-electron chi connectivity index (χ0n) is 13.6. The van der Waals surface area contributed by atoms with Crippen molar-refractivity contribution in [2.45, 2.75) is 40.0 Å². The Morgan fingerprint density at radius 1 is 1.30 bits per heavy atom.